The van der Waals surface area contributed by atoms with Crippen molar-refractivity contribution in [3.63, 3.8) is 0 Å². The quantitative estimate of drug-likeness (QED) is 0.482. The molecule has 0 atom stereocenters. The van der Waals surface area contributed by atoms with Crippen LogP contribution in [0.15, 0.2) is 12.1 Å². The zero-order chi connectivity index (χ0) is 8.97. The third kappa shape index (κ3) is 1.95. The molecule has 0 aliphatic heterocycles. The third-order valence-corrected chi connectivity index (χ3v) is 2.30. The molecule has 1 aromatic heterocycles. The standard InChI is InChI=1S/C9H5NOS/c1-7(11)9-5-4-8(12-9)3-2-6-10/h4-5H,1H3. The van der Waals surface area contributed by atoms with Crippen molar-refractivity contribution < 1.29 is 4.79 Å². The van der Waals surface area contributed by atoms with E-state index in [1.807, 2.05) is 0 Å². The summed E-state index contributed by atoms with van der Waals surface area (Å²) in [7, 11) is 0. The number of nitriles is 1. The van der Waals surface area contributed by atoms with Crippen molar-refractivity contribution in [2.24, 2.45) is 0 Å². The molecule has 0 bridgehead atoms. The lowest BCUT2D eigenvalue weighted by molar-refractivity contribution is 0.102. The highest BCUT2D eigenvalue weighted by molar-refractivity contribution is 7.14. The molecular weight excluding hydrogens is 170 g/mol. The van der Waals surface area contributed by atoms with Gasteiger partial charge in [-0.3, -0.25) is 4.79 Å². The molecule has 0 aliphatic carbocycles. The fourth-order valence-corrected chi connectivity index (χ4v) is 1.44. The minimum atomic E-state index is 0.0324. The molecule has 0 aromatic carbocycles. The lowest BCUT2D eigenvalue weighted by Gasteiger charge is -1.81. The summed E-state index contributed by atoms with van der Waals surface area (Å²) < 4.78 is 0. The minimum Gasteiger partial charge on any atom is -0.294 e. The van der Waals surface area contributed by atoms with Gasteiger partial charge in [-0.05, 0) is 25.0 Å². The number of carbonyl (C=O) groups is 1. The van der Waals surface area contributed by atoms with Crippen LogP contribution in [0, 0.1) is 23.2 Å². The average Bonchev–Trinajstić information content (AvgIpc) is 2.48. The van der Waals surface area contributed by atoms with Gasteiger partial charge in [0.05, 0.1) is 9.75 Å². The monoisotopic (exact) mass is 175 g/mol. The number of carbonyl (C=O) groups excluding carboxylic acids is 1. The van der Waals surface area contributed by atoms with E-state index in [0.29, 0.717) is 4.88 Å². The summed E-state index contributed by atoms with van der Waals surface area (Å²) >= 11 is 1.31. The second-order valence-corrected chi connectivity index (χ2v) is 3.17. The molecule has 58 valence electrons. The van der Waals surface area contributed by atoms with Crippen molar-refractivity contribution in [1.29, 1.82) is 5.26 Å². The molecule has 2 nitrogen and oxygen atoms in total. The van der Waals surface area contributed by atoms with E-state index in [0.717, 1.165) is 4.88 Å². The molecule has 0 fully saturated rings. The van der Waals surface area contributed by atoms with Crippen LogP contribution in [-0.4, -0.2) is 5.78 Å². The van der Waals surface area contributed by atoms with Gasteiger partial charge in [0.1, 0.15) is 0 Å². The Bertz CT molecular complexity index is 400. The molecule has 0 radical (unpaired) electrons. The van der Waals surface area contributed by atoms with Crippen LogP contribution >= 0.6 is 11.3 Å². The number of rotatable bonds is 1. The summed E-state index contributed by atoms with van der Waals surface area (Å²) in [5.74, 6) is 4.93. The molecule has 12 heavy (non-hydrogen) atoms. The summed E-state index contributed by atoms with van der Waals surface area (Å²) in [4.78, 5) is 12.3. The fourth-order valence-electron chi connectivity index (χ4n) is 0.684. The topological polar surface area (TPSA) is 40.9 Å². The second kappa shape index (κ2) is 3.71. The van der Waals surface area contributed by atoms with Gasteiger partial charge in [0.2, 0.25) is 0 Å². The third-order valence-electron chi connectivity index (χ3n) is 1.19. The van der Waals surface area contributed by atoms with Crippen LogP contribution in [-0.2, 0) is 0 Å². The van der Waals surface area contributed by atoms with E-state index in [1.54, 1.807) is 18.2 Å². The molecule has 0 amide bonds. The van der Waals surface area contributed by atoms with Gasteiger partial charge in [-0.1, -0.05) is 0 Å². The molecule has 0 N–H and O–H groups in total. The number of Topliss-reactive ketones (excluding diaryl/α,β-unsaturated/α-hetero) is 1. The summed E-state index contributed by atoms with van der Waals surface area (Å²) in [5.41, 5.74) is 0. The average molecular weight is 175 g/mol. The summed E-state index contributed by atoms with van der Waals surface area (Å²) in [6, 6.07) is 5.17. The van der Waals surface area contributed by atoms with E-state index >= 15 is 0 Å². The Morgan fingerprint density at radius 1 is 1.58 bits per heavy atom. The number of ketones is 1. The number of nitrogens with zero attached hydrogens (tertiary/aromatic N) is 1. The van der Waals surface area contributed by atoms with Crippen molar-refractivity contribution in [1.82, 2.24) is 0 Å². The first-order valence-electron chi connectivity index (χ1n) is 3.25. The maximum absolute atomic E-state index is 10.8. The van der Waals surface area contributed by atoms with Crippen LogP contribution in [0.25, 0.3) is 0 Å². The minimum absolute atomic E-state index is 0.0324. The molecular formula is C9H5NOS. The number of hydrogen-bond donors (Lipinski definition) is 0. The van der Waals surface area contributed by atoms with Gasteiger partial charge in [0, 0.05) is 5.92 Å². The molecule has 0 aliphatic rings. The Kier molecular flexibility index (Phi) is 2.63. The van der Waals surface area contributed by atoms with Crippen LogP contribution in [0.3, 0.4) is 0 Å². The molecule has 3 heteroatoms. The largest absolute Gasteiger partial charge is 0.294 e. The Labute approximate surface area is 74.4 Å². The smallest absolute Gasteiger partial charge is 0.169 e. The van der Waals surface area contributed by atoms with E-state index in [-0.39, 0.29) is 5.78 Å². The van der Waals surface area contributed by atoms with Gasteiger partial charge < -0.3 is 0 Å². The second-order valence-electron chi connectivity index (χ2n) is 2.08. The lowest BCUT2D eigenvalue weighted by Crippen LogP contribution is -1.83. The predicted octanol–water partition coefficient (Wildman–Crippen LogP) is 1.83. The van der Waals surface area contributed by atoms with E-state index < -0.39 is 0 Å². The molecule has 1 aromatic rings. The van der Waals surface area contributed by atoms with Crippen molar-refractivity contribution in [2.75, 3.05) is 0 Å². The van der Waals surface area contributed by atoms with Gasteiger partial charge in [0.15, 0.2) is 11.9 Å². The van der Waals surface area contributed by atoms with E-state index in [2.05, 4.69) is 11.8 Å². The predicted molar refractivity (Wildman–Crippen MR) is 46.8 cm³/mol. The zero-order valence-corrected chi connectivity index (χ0v) is 7.23. The van der Waals surface area contributed by atoms with Crippen LogP contribution in [0.2, 0.25) is 0 Å². The van der Waals surface area contributed by atoms with E-state index in [9.17, 15) is 4.79 Å². The first-order valence-corrected chi connectivity index (χ1v) is 4.06. The lowest BCUT2D eigenvalue weighted by atomic mass is 10.3. The Hall–Kier alpha value is -1.58. The van der Waals surface area contributed by atoms with Crippen molar-refractivity contribution in [3.05, 3.63) is 21.9 Å². The maximum atomic E-state index is 10.8. The van der Waals surface area contributed by atoms with Crippen molar-refractivity contribution in [2.45, 2.75) is 6.92 Å². The molecule has 0 spiro atoms. The van der Waals surface area contributed by atoms with Crippen molar-refractivity contribution in [3.8, 4) is 17.9 Å². The number of hydrogen-bond acceptors (Lipinski definition) is 3. The first kappa shape index (κ1) is 8.52. The highest BCUT2D eigenvalue weighted by Gasteiger charge is 2.01. The highest BCUT2D eigenvalue weighted by atomic mass is 32.1. The Morgan fingerprint density at radius 2 is 2.33 bits per heavy atom. The first-order chi connectivity index (χ1) is 5.74. The maximum Gasteiger partial charge on any atom is 0.169 e. The molecule has 0 saturated heterocycles. The van der Waals surface area contributed by atoms with Gasteiger partial charge >= 0.3 is 0 Å². The van der Waals surface area contributed by atoms with Gasteiger partial charge in [-0.15, -0.1) is 11.3 Å². The summed E-state index contributed by atoms with van der Waals surface area (Å²) in [5, 5.41) is 8.16. The number of thiophene rings is 1. The van der Waals surface area contributed by atoms with Crippen LogP contribution in [0.5, 0.6) is 0 Å². The van der Waals surface area contributed by atoms with Crippen LogP contribution in [0.4, 0.5) is 0 Å². The summed E-state index contributed by atoms with van der Waals surface area (Å²) in [6.45, 7) is 1.51. The molecule has 0 unspecified atom stereocenters. The fraction of sp³-hybridized carbons (Fsp3) is 0.111. The van der Waals surface area contributed by atoms with Gasteiger partial charge in [-0.2, -0.15) is 5.26 Å². The zero-order valence-electron chi connectivity index (χ0n) is 6.42. The Balaban J connectivity index is 2.94. The molecule has 1 rings (SSSR count). The van der Waals surface area contributed by atoms with Crippen LogP contribution < -0.4 is 0 Å². The van der Waals surface area contributed by atoms with Gasteiger partial charge in [-0.25, -0.2) is 0 Å². The van der Waals surface area contributed by atoms with Crippen molar-refractivity contribution >= 4 is 17.1 Å². The molecule has 0 saturated carbocycles. The summed E-state index contributed by atoms with van der Waals surface area (Å²) in [6.07, 6.45) is 0. The normalized spacial score (nSPS) is 8.00. The Morgan fingerprint density at radius 3 is 2.83 bits per heavy atom. The van der Waals surface area contributed by atoms with Crippen LogP contribution in [0.1, 0.15) is 21.5 Å². The van der Waals surface area contributed by atoms with E-state index in [1.165, 1.54) is 18.3 Å². The van der Waals surface area contributed by atoms with E-state index in [4.69, 9.17) is 5.26 Å². The highest BCUT2D eigenvalue weighted by Crippen LogP contribution is 2.15. The SMILES string of the molecule is CC(=O)c1ccc(C#CC#N)s1. The molecule has 1 heterocycles. The van der Waals surface area contributed by atoms with Gasteiger partial charge in [0.25, 0.3) is 0 Å².